The molecule has 2 aromatic heterocycles. The highest BCUT2D eigenvalue weighted by atomic mass is 16.5. The number of H-pyrrole nitrogens is 1. The first-order valence-corrected chi connectivity index (χ1v) is 9.31. The standard InChI is InChI=1S/C19H25N5O3/c1-3-7-20-19(26)17-15-8-14(27-11-16(15)23-24-17)10-22-18(25)12-5-6-13(4-2)21-9-12/h5-6,9,14H,3-4,7-8,10-11H2,1-2H3,(H,20,26)(H,22,25)(H,23,24). The molecule has 3 N–H and O–H groups in total. The van der Waals surface area contributed by atoms with Crippen molar-refractivity contribution in [2.75, 3.05) is 13.1 Å². The molecular weight excluding hydrogens is 346 g/mol. The summed E-state index contributed by atoms with van der Waals surface area (Å²) >= 11 is 0. The molecule has 0 radical (unpaired) electrons. The molecule has 1 aliphatic rings. The number of aromatic amines is 1. The van der Waals surface area contributed by atoms with Crippen LogP contribution in [0.1, 0.15) is 58.1 Å². The van der Waals surface area contributed by atoms with Gasteiger partial charge in [0.1, 0.15) is 0 Å². The lowest BCUT2D eigenvalue weighted by Gasteiger charge is -2.23. The Morgan fingerprint density at radius 2 is 2.11 bits per heavy atom. The highest BCUT2D eigenvalue weighted by molar-refractivity contribution is 5.94. The number of aryl methyl sites for hydroxylation is 1. The van der Waals surface area contributed by atoms with Crippen molar-refractivity contribution in [2.45, 2.75) is 45.8 Å². The molecule has 2 amide bonds. The summed E-state index contributed by atoms with van der Waals surface area (Å²) in [6.07, 6.45) is 3.59. The van der Waals surface area contributed by atoms with Gasteiger partial charge in [-0.1, -0.05) is 13.8 Å². The first kappa shape index (κ1) is 19.0. The third kappa shape index (κ3) is 4.51. The van der Waals surface area contributed by atoms with E-state index in [1.807, 2.05) is 19.9 Å². The van der Waals surface area contributed by atoms with E-state index in [1.165, 1.54) is 0 Å². The van der Waals surface area contributed by atoms with Crippen molar-refractivity contribution in [1.82, 2.24) is 25.8 Å². The second-order valence-electron chi connectivity index (χ2n) is 6.52. The minimum atomic E-state index is -0.209. The van der Waals surface area contributed by atoms with E-state index < -0.39 is 0 Å². The van der Waals surface area contributed by atoms with Crippen molar-refractivity contribution in [3.63, 3.8) is 0 Å². The number of nitrogens with one attached hydrogen (secondary N) is 3. The molecule has 0 spiro atoms. The lowest BCUT2D eigenvalue weighted by molar-refractivity contribution is 0.0266. The maximum absolute atomic E-state index is 12.3. The highest BCUT2D eigenvalue weighted by Gasteiger charge is 2.27. The summed E-state index contributed by atoms with van der Waals surface area (Å²) in [5.74, 6) is -0.367. The van der Waals surface area contributed by atoms with Crippen LogP contribution in [-0.2, 0) is 24.2 Å². The number of carbonyl (C=O) groups is 2. The van der Waals surface area contributed by atoms with Crippen molar-refractivity contribution in [3.8, 4) is 0 Å². The summed E-state index contributed by atoms with van der Waals surface area (Å²) in [4.78, 5) is 28.8. The fourth-order valence-electron chi connectivity index (χ4n) is 2.95. The van der Waals surface area contributed by atoms with Gasteiger partial charge in [-0.15, -0.1) is 0 Å². The molecule has 8 heteroatoms. The maximum Gasteiger partial charge on any atom is 0.272 e. The summed E-state index contributed by atoms with van der Waals surface area (Å²) in [7, 11) is 0. The van der Waals surface area contributed by atoms with Gasteiger partial charge >= 0.3 is 0 Å². The van der Waals surface area contributed by atoms with E-state index in [0.29, 0.717) is 37.4 Å². The third-order valence-corrected chi connectivity index (χ3v) is 4.54. The zero-order chi connectivity index (χ0) is 19.2. The van der Waals surface area contributed by atoms with Crippen LogP contribution in [0.3, 0.4) is 0 Å². The molecule has 0 aliphatic carbocycles. The van der Waals surface area contributed by atoms with Gasteiger partial charge in [0.2, 0.25) is 0 Å². The van der Waals surface area contributed by atoms with Crippen molar-refractivity contribution in [1.29, 1.82) is 0 Å². The second kappa shape index (κ2) is 8.77. The molecule has 0 saturated carbocycles. The van der Waals surface area contributed by atoms with Crippen molar-refractivity contribution in [3.05, 3.63) is 46.5 Å². The summed E-state index contributed by atoms with van der Waals surface area (Å²) in [5, 5.41) is 12.7. The zero-order valence-electron chi connectivity index (χ0n) is 15.7. The molecule has 3 heterocycles. The van der Waals surface area contributed by atoms with Crippen molar-refractivity contribution < 1.29 is 14.3 Å². The van der Waals surface area contributed by atoms with Crippen LogP contribution in [0.15, 0.2) is 18.3 Å². The van der Waals surface area contributed by atoms with Gasteiger partial charge in [-0.3, -0.25) is 19.7 Å². The van der Waals surface area contributed by atoms with Gasteiger partial charge < -0.3 is 15.4 Å². The van der Waals surface area contributed by atoms with E-state index in [1.54, 1.807) is 12.3 Å². The van der Waals surface area contributed by atoms with Gasteiger partial charge in [0.25, 0.3) is 11.8 Å². The van der Waals surface area contributed by atoms with Crippen LogP contribution >= 0.6 is 0 Å². The fourth-order valence-corrected chi connectivity index (χ4v) is 2.95. The minimum absolute atomic E-state index is 0.180. The number of pyridine rings is 1. The topological polar surface area (TPSA) is 109 Å². The first-order chi connectivity index (χ1) is 13.1. The molecule has 0 aromatic carbocycles. The van der Waals surface area contributed by atoms with Crippen molar-refractivity contribution >= 4 is 11.8 Å². The Morgan fingerprint density at radius 3 is 2.81 bits per heavy atom. The van der Waals surface area contributed by atoms with Crippen LogP contribution in [0, 0.1) is 0 Å². The Hall–Kier alpha value is -2.74. The smallest absolute Gasteiger partial charge is 0.272 e. The number of nitrogens with zero attached hydrogens (tertiary/aromatic N) is 2. The number of hydrogen-bond donors (Lipinski definition) is 3. The van der Waals surface area contributed by atoms with Crippen LogP contribution in [-0.4, -0.2) is 46.2 Å². The average molecular weight is 371 g/mol. The Labute approximate surface area is 158 Å². The van der Waals surface area contributed by atoms with Crippen LogP contribution in [0.25, 0.3) is 0 Å². The molecule has 1 atom stereocenters. The van der Waals surface area contributed by atoms with Gasteiger partial charge in [0, 0.05) is 37.0 Å². The Kier molecular flexibility index (Phi) is 6.18. The van der Waals surface area contributed by atoms with Crippen LogP contribution in [0.4, 0.5) is 0 Å². The van der Waals surface area contributed by atoms with E-state index in [0.717, 1.165) is 29.8 Å². The minimum Gasteiger partial charge on any atom is -0.370 e. The number of carbonyl (C=O) groups excluding carboxylic acids is 2. The number of ether oxygens (including phenoxy) is 1. The Balaban J connectivity index is 1.58. The molecule has 0 bridgehead atoms. The maximum atomic E-state index is 12.3. The third-order valence-electron chi connectivity index (χ3n) is 4.54. The first-order valence-electron chi connectivity index (χ1n) is 9.31. The molecule has 0 saturated heterocycles. The second-order valence-corrected chi connectivity index (χ2v) is 6.52. The summed E-state index contributed by atoms with van der Waals surface area (Å²) in [5.41, 5.74) is 3.56. The summed E-state index contributed by atoms with van der Waals surface area (Å²) in [6.45, 7) is 5.33. The van der Waals surface area contributed by atoms with E-state index >= 15 is 0 Å². The molecular formula is C19H25N5O3. The lowest BCUT2D eigenvalue weighted by Crippen LogP contribution is -2.37. The van der Waals surface area contributed by atoms with Gasteiger partial charge in [-0.05, 0) is 25.0 Å². The Morgan fingerprint density at radius 1 is 1.26 bits per heavy atom. The Bertz CT molecular complexity index is 800. The fraction of sp³-hybridized carbons (Fsp3) is 0.474. The van der Waals surface area contributed by atoms with E-state index in [-0.39, 0.29) is 17.9 Å². The van der Waals surface area contributed by atoms with Gasteiger partial charge in [0.15, 0.2) is 5.69 Å². The molecule has 27 heavy (non-hydrogen) atoms. The van der Waals surface area contributed by atoms with Gasteiger partial charge in [-0.25, -0.2) is 0 Å². The number of fused-ring (bicyclic) bond motifs is 1. The number of rotatable bonds is 7. The normalized spacial score (nSPS) is 15.9. The van der Waals surface area contributed by atoms with Crippen LogP contribution < -0.4 is 10.6 Å². The monoisotopic (exact) mass is 371 g/mol. The quantitative estimate of drug-likeness (QED) is 0.681. The molecule has 8 nitrogen and oxygen atoms in total. The number of aromatic nitrogens is 3. The van der Waals surface area contributed by atoms with Gasteiger partial charge in [0.05, 0.1) is 24.0 Å². The van der Waals surface area contributed by atoms with Crippen LogP contribution in [0.2, 0.25) is 0 Å². The van der Waals surface area contributed by atoms with E-state index in [2.05, 4.69) is 25.8 Å². The SMILES string of the molecule is CCCNC(=O)c1n[nH]c2c1CC(CNC(=O)c1ccc(CC)nc1)OC2. The predicted molar refractivity (Wildman–Crippen MR) is 99.4 cm³/mol. The molecule has 0 fully saturated rings. The predicted octanol–water partition coefficient (Wildman–Crippen LogP) is 1.38. The molecule has 3 rings (SSSR count). The van der Waals surface area contributed by atoms with E-state index in [4.69, 9.17) is 4.74 Å². The molecule has 1 unspecified atom stereocenters. The number of amides is 2. The molecule has 2 aromatic rings. The molecule has 1 aliphatic heterocycles. The van der Waals surface area contributed by atoms with Gasteiger partial charge in [-0.2, -0.15) is 5.10 Å². The molecule has 144 valence electrons. The number of hydrogen-bond acceptors (Lipinski definition) is 5. The summed E-state index contributed by atoms with van der Waals surface area (Å²) < 4.78 is 5.77. The summed E-state index contributed by atoms with van der Waals surface area (Å²) in [6, 6.07) is 3.62. The zero-order valence-corrected chi connectivity index (χ0v) is 15.7. The largest absolute Gasteiger partial charge is 0.370 e. The average Bonchev–Trinajstić information content (AvgIpc) is 3.13. The van der Waals surface area contributed by atoms with Crippen LogP contribution in [0.5, 0.6) is 0 Å². The van der Waals surface area contributed by atoms with Crippen molar-refractivity contribution in [2.24, 2.45) is 0 Å². The highest BCUT2D eigenvalue weighted by Crippen LogP contribution is 2.21. The van der Waals surface area contributed by atoms with E-state index in [9.17, 15) is 9.59 Å². The lowest BCUT2D eigenvalue weighted by atomic mass is 10.0.